The number of pyridine rings is 1. The monoisotopic (exact) mass is 608 g/mol. The third-order valence-electron chi connectivity index (χ3n) is 5.60. The second kappa shape index (κ2) is 9.72. The molecule has 5 rings (SSSR count). The zero-order chi connectivity index (χ0) is 19.5. The van der Waals surface area contributed by atoms with E-state index in [1.54, 1.807) is 6.07 Å². The van der Waals surface area contributed by atoms with Crippen LogP contribution in [0.25, 0.3) is 5.70 Å². The van der Waals surface area contributed by atoms with Gasteiger partial charge in [0.15, 0.2) is 0 Å². The van der Waals surface area contributed by atoms with E-state index in [0.717, 1.165) is 31.5 Å². The van der Waals surface area contributed by atoms with Gasteiger partial charge in [0.1, 0.15) is 0 Å². The van der Waals surface area contributed by atoms with Crippen molar-refractivity contribution in [1.29, 1.82) is 5.41 Å². The Morgan fingerprint density at radius 3 is 2.69 bits per heavy atom. The van der Waals surface area contributed by atoms with E-state index in [1.807, 2.05) is 47.2 Å². The predicted molar refractivity (Wildman–Crippen MR) is 113 cm³/mol. The molecule has 3 aliphatic rings. The van der Waals surface area contributed by atoms with Crippen molar-refractivity contribution in [3.05, 3.63) is 102 Å². The molecule has 5 heteroatoms. The van der Waals surface area contributed by atoms with Crippen molar-refractivity contribution in [1.82, 2.24) is 14.8 Å². The van der Waals surface area contributed by atoms with Crippen LogP contribution in [0.1, 0.15) is 18.4 Å². The summed E-state index contributed by atoms with van der Waals surface area (Å²) in [7, 11) is 2.21. The molecular formula is C24H26N4U. The van der Waals surface area contributed by atoms with Crippen LogP contribution in [-0.4, -0.2) is 35.6 Å². The maximum Gasteiger partial charge on any atom is 2.00 e. The van der Waals surface area contributed by atoms with Crippen LogP contribution in [-0.2, 0) is 0 Å². The van der Waals surface area contributed by atoms with Crippen molar-refractivity contribution in [2.24, 2.45) is 0 Å². The molecule has 2 N–H and O–H groups in total. The summed E-state index contributed by atoms with van der Waals surface area (Å²) in [6.45, 7) is 5.78. The fourth-order valence-electron chi connectivity index (χ4n) is 4.14. The van der Waals surface area contributed by atoms with Gasteiger partial charge in [0, 0.05) is 49.9 Å². The molecule has 1 unspecified atom stereocenters. The largest absolute Gasteiger partial charge is 2.00 e. The minimum absolute atomic E-state index is 0. The summed E-state index contributed by atoms with van der Waals surface area (Å²) < 4.78 is 1.95. The first-order valence-corrected chi connectivity index (χ1v) is 9.72. The number of hydrogen-bond donors (Lipinski definition) is 2. The van der Waals surface area contributed by atoms with Gasteiger partial charge in [0.05, 0.1) is 6.04 Å². The van der Waals surface area contributed by atoms with Gasteiger partial charge in [-0.05, 0) is 17.2 Å². The fourth-order valence-corrected chi connectivity index (χ4v) is 4.14. The number of rotatable bonds is 1. The standard InChI is InChI=1S/C17H19N4.C7H7.U/c1-20-15-7-8-19-11-14(15)13-6-5-12(10-16(13)20)21-9-3-2-4-17(21)18;1-7-5-3-2-4-6-7;/h3-6,9,16,18-19H,7-8,10-11H2,1H3;2-6H,1H2;/q2*-1;+2. The number of nitrogens with one attached hydrogen (secondary N) is 2. The quantitative estimate of drug-likeness (QED) is 0.488. The van der Waals surface area contributed by atoms with Gasteiger partial charge in [0.2, 0.25) is 0 Å². The van der Waals surface area contributed by atoms with Crippen molar-refractivity contribution in [3.8, 4) is 0 Å². The third kappa shape index (κ3) is 4.64. The number of allylic oxidation sites excluding steroid dienone is 2. The van der Waals surface area contributed by atoms with Gasteiger partial charge < -0.3 is 20.2 Å². The molecule has 1 aliphatic carbocycles. The summed E-state index contributed by atoms with van der Waals surface area (Å²) in [5.41, 5.74) is 7.18. The number of hydrogen-bond acceptors (Lipinski definition) is 3. The van der Waals surface area contributed by atoms with E-state index < -0.39 is 0 Å². The molecule has 0 saturated heterocycles. The van der Waals surface area contributed by atoms with Crippen LogP contribution in [0, 0.1) is 49.5 Å². The molecule has 2 aliphatic heterocycles. The Labute approximate surface area is 196 Å². The van der Waals surface area contributed by atoms with Gasteiger partial charge >= 0.3 is 31.1 Å². The Kier molecular flexibility index (Phi) is 7.29. The SMILES string of the molecule is CN1C2=C(CNCC2)C2=CC=C(n3cc[c-]cc3=N)CC21.[CH2-]c1ccccc1.[U+2]. The first-order valence-electron chi connectivity index (χ1n) is 9.72. The van der Waals surface area contributed by atoms with Crippen LogP contribution in [0.4, 0.5) is 0 Å². The maximum absolute atomic E-state index is 8.04. The van der Waals surface area contributed by atoms with E-state index in [4.69, 9.17) is 5.41 Å². The Bertz CT molecular complexity index is 1000. The minimum Gasteiger partial charge on any atom is -0.413 e. The molecule has 1 aromatic carbocycles. The van der Waals surface area contributed by atoms with Crippen molar-refractivity contribution in [2.75, 3.05) is 20.1 Å². The number of benzene rings is 1. The van der Waals surface area contributed by atoms with E-state index in [2.05, 4.69) is 42.4 Å². The molecule has 3 heterocycles. The van der Waals surface area contributed by atoms with E-state index in [0.29, 0.717) is 11.5 Å². The van der Waals surface area contributed by atoms with Crippen molar-refractivity contribution >= 4 is 5.70 Å². The average molecular weight is 609 g/mol. The summed E-state index contributed by atoms with van der Waals surface area (Å²) in [5.74, 6) is 0. The number of nitrogens with zero attached hydrogens (tertiary/aromatic N) is 2. The molecule has 29 heavy (non-hydrogen) atoms. The Morgan fingerprint density at radius 1 is 1.21 bits per heavy atom. The topological polar surface area (TPSA) is 44.0 Å². The van der Waals surface area contributed by atoms with Gasteiger partial charge in [-0.2, -0.15) is 36.8 Å². The smallest absolute Gasteiger partial charge is 0.413 e. The Hall–Kier alpha value is -1.93. The predicted octanol–water partition coefficient (Wildman–Crippen LogP) is 3.37. The summed E-state index contributed by atoms with van der Waals surface area (Å²) in [4.78, 5) is 2.44. The summed E-state index contributed by atoms with van der Waals surface area (Å²) in [6.07, 6.45) is 8.42. The summed E-state index contributed by atoms with van der Waals surface area (Å²) in [6, 6.07) is 16.8. The van der Waals surface area contributed by atoms with Crippen LogP contribution in [0.3, 0.4) is 0 Å². The van der Waals surface area contributed by atoms with E-state index in [1.165, 1.54) is 22.5 Å². The van der Waals surface area contributed by atoms with Crippen LogP contribution >= 0.6 is 0 Å². The molecule has 1 atom stereocenters. The minimum atomic E-state index is 0. The fraction of sp³-hybridized carbons (Fsp3) is 0.250. The first kappa shape index (κ1) is 21.8. The normalized spacial score (nSPS) is 19.8. The Morgan fingerprint density at radius 2 is 2.00 bits per heavy atom. The van der Waals surface area contributed by atoms with E-state index in [-0.39, 0.29) is 31.1 Å². The Balaban J connectivity index is 0.000000257. The van der Waals surface area contributed by atoms with Gasteiger partial charge in [-0.15, -0.1) is 18.2 Å². The van der Waals surface area contributed by atoms with Crippen LogP contribution in [0.5, 0.6) is 0 Å². The zero-order valence-electron chi connectivity index (χ0n) is 16.8. The van der Waals surface area contributed by atoms with Crippen molar-refractivity contribution < 1.29 is 31.1 Å². The average Bonchev–Trinajstić information content (AvgIpc) is 3.02. The first-order chi connectivity index (χ1) is 13.6. The van der Waals surface area contributed by atoms with E-state index >= 15 is 0 Å². The molecular weight excluding hydrogens is 582 g/mol. The summed E-state index contributed by atoms with van der Waals surface area (Å²) >= 11 is 0. The van der Waals surface area contributed by atoms with Gasteiger partial charge in [-0.1, -0.05) is 18.3 Å². The molecule has 0 amide bonds. The van der Waals surface area contributed by atoms with Crippen LogP contribution in [0.15, 0.2) is 77.7 Å². The summed E-state index contributed by atoms with van der Waals surface area (Å²) in [5, 5.41) is 11.5. The van der Waals surface area contributed by atoms with Gasteiger partial charge in [-0.3, -0.25) is 0 Å². The van der Waals surface area contributed by atoms with Crippen LogP contribution in [0.2, 0.25) is 0 Å². The molecule has 2 aromatic rings. The molecule has 146 valence electrons. The van der Waals surface area contributed by atoms with Crippen LogP contribution < -0.4 is 10.8 Å². The molecule has 4 nitrogen and oxygen atoms in total. The second-order valence-corrected chi connectivity index (χ2v) is 7.33. The second-order valence-electron chi connectivity index (χ2n) is 7.33. The van der Waals surface area contributed by atoms with Crippen molar-refractivity contribution in [2.45, 2.75) is 18.9 Å². The molecule has 0 fully saturated rings. The number of likely N-dealkylation sites (N-methyl/N-ethyl adjacent to an activating group) is 1. The third-order valence-corrected chi connectivity index (χ3v) is 5.60. The number of aromatic nitrogens is 1. The molecule has 0 saturated carbocycles. The zero-order valence-corrected chi connectivity index (χ0v) is 20.9. The van der Waals surface area contributed by atoms with E-state index in [9.17, 15) is 0 Å². The maximum atomic E-state index is 8.04. The molecule has 0 spiro atoms. The van der Waals surface area contributed by atoms with Crippen molar-refractivity contribution in [3.63, 3.8) is 0 Å². The van der Waals surface area contributed by atoms with Gasteiger partial charge in [0.25, 0.3) is 0 Å². The molecule has 0 radical (unpaired) electrons. The molecule has 1 aromatic heterocycles. The molecule has 0 bridgehead atoms. The number of fused-ring (bicyclic) bond motifs is 2. The van der Waals surface area contributed by atoms with Gasteiger partial charge in [-0.25, -0.2) is 0 Å².